The molecule has 0 aromatic heterocycles. The van der Waals surface area contributed by atoms with Gasteiger partial charge in [0.25, 0.3) is 0 Å². The van der Waals surface area contributed by atoms with Crippen LogP contribution in [0.5, 0.6) is 0 Å². The van der Waals surface area contributed by atoms with Gasteiger partial charge in [0.2, 0.25) is 5.91 Å². The zero-order valence-corrected chi connectivity index (χ0v) is 18.3. The van der Waals surface area contributed by atoms with Crippen LogP contribution in [0.2, 0.25) is 0 Å². The molecule has 4 nitrogen and oxygen atoms in total. The van der Waals surface area contributed by atoms with E-state index in [4.69, 9.17) is 5.73 Å². The van der Waals surface area contributed by atoms with E-state index in [2.05, 4.69) is 5.32 Å². The number of carbonyl (C=O) groups is 1. The standard InChI is InChI=1S/C23H26F3N3OS/c1-29(13-12-28-21(16-31-2)18-6-4-3-5-7-18)22(30)11-9-17-8-10-20(23(24,25)26)14-19(17)15-27/h3-11,14,16,28H,12-13,15,27H2,1-2H3/b11-9+,21-16-. The van der Waals surface area contributed by atoms with Crippen molar-refractivity contribution in [3.05, 3.63) is 82.3 Å². The molecule has 0 unspecified atom stereocenters. The number of amides is 1. The molecule has 2 aromatic rings. The molecule has 0 radical (unpaired) electrons. The first kappa shape index (κ1) is 24.6. The lowest BCUT2D eigenvalue weighted by molar-refractivity contribution is -0.137. The number of likely N-dealkylation sites (N-methyl/N-ethyl adjacent to an activating group) is 1. The van der Waals surface area contributed by atoms with Crippen molar-refractivity contribution in [2.45, 2.75) is 12.7 Å². The molecule has 2 rings (SSSR count). The second kappa shape index (κ2) is 11.6. The maximum Gasteiger partial charge on any atom is 0.416 e. The summed E-state index contributed by atoms with van der Waals surface area (Å²) in [6.07, 6.45) is 0.385. The van der Waals surface area contributed by atoms with Crippen molar-refractivity contribution in [3.63, 3.8) is 0 Å². The summed E-state index contributed by atoms with van der Waals surface area (Å²) in [5.41, 5.74) is 7.68. The first-order valence-corrected chi connectivity index (χ1v) is 10.9. The highest BCUT2D eigenvalue weighted by Gasteiger charge is 2.30. The van der Waals surface area contributed by atoms with E-state index in [0.717, 1.165) is 23.4 Å². The maximum absolute atomic E-state index is 12.9. The third-order valence-electron chi connectivity index (χ3n) is 4.56. The minimum Gasteiger partial charge on any atom is -0.382 e. The Kier molecular flexibility index (Phi) is 9.21. The van der Waals surface area contributed by atoms with Gasteiger partial charge in [0.15, 0.2) is 0 Å². The first-order chi connectivity index (χ1) is 14.8. The lowest BCUT2D eigenvalue weighted by Gasteiger charge is -2.17. The fourth-order valence-electron chi connectivity index (χ4n) is 2.83. The number of hydrogen-bond donors (Lipinski definition) is 2. The highest BCUT2D eigenvalue weighted by atomic mass is 32.2. The average Bonchev–Trinajstić information content (AvgIpc) is 2.76. The topological polar surface area (TPSA) is 58.4 Å². The molecule has 0 saturated carbocycles. The van der Waals surface area contributed by atoms with Crippen molar-refractivity contribution in [1.29, 1.82) is 0 Å². The highest BCUT2D eigenvalue weighted by Crippen LogP contribution is 2.30. The van der Waals surface area contributed by atoms with Gasteiger partial charge in [-0.1, -0.05) is 36.4 Å². The van der Waals surface area contributed by atoms with Crippen molar-refractivity contribution < 1.29 is 18.0 Å². The Balaban J connectivity index is 1.96. The molecule has 0 fully saturated rings. The molecule has 3 N–H and O–H groups in total. The van der Waals surface area contributed by atoms with Gasteiger partial charge >= 0.3 is 6.18 Å². The van der Waals surface area contributed by atoms with Crippen LogP contribution < -0.4 is 11.1 Å². The van der Waals surface area contributed by atoms with Gasteiger partial charge in [-0.05, 0) is 46.6 Å². The number of nitrogens with one attached hydrogen (secondary N) is 1. The largest absolute Gasteiger partial charge is 0.416 e. The number of nitrogens with two attached hydrogens (primary N) is 1. The van der Waals surface area contributed by atoms with E-state index in [9.17, 15) is 18.0 Å². The SMILES string of the molecule is CS/C=C(\NCCN(C)C(=O)/C=C/c1ccc(C(F)(F)F)cc1CN)c1ccccc1. The molecule has 0 heterocycles. The van der Waals surface area contributed by atoms with Crippen LogP contribution in [0.1, 0.15) is 22.3 Å². The van der Waals surface area contributed by atoms with Crippen LogP contribution in [-0.2, 0) is 17.5 Å². The zero-order valence-electron chi connectivity index (χ0n) is 17.4. The van der Waals surface area contributed by atoms with Gasteiger partial charge in [-0.25, -0.2) is 0 Å². The Labute approximate surface area is 185 Å². The lowest BCUT2D eigenvalue weighted by atomic mass is 10.0. The van der Waals surface area contributed by atoms with E-state index in [-0.39, 0.29) is 12.5 Å². The summed E-state index contributed by atoms with van der Waals surface area (Å²) >= 11 is 1.58. The van der Waals surface area contributed by atoms with E-state index in [1.54, 1.807) is 18.8 Å². The molecule has 0 atom stereocenters. The number of halogens is 3. The summed E-state index contributed by atoms with van der Waals surface area (Å²) in [6, 6.07) is 13.2. The summed E-state index contributed by atoms with van der Waals surface area (Å²) in [5, 5.41) is 5.34. The molecule has 0 saturated heterocycles. The van der Waals surface area contributed by atoms with Crippen molar-refractivity contribution in [3.8, 4) is 0 Å². The molecule has 0 aliphatic rings. The van der Waals surface area contributed by atoms with E-state index in [0.29, 0.717) is 24.2 Å². The minimum atomic E-state index is -4.43. The number of nitrogens with zero attached hydrogens (tertiary/aromatic N) is 1. The normalized spacial score (nSPS) is 12.3. The summed E-state index contributed by atoms with van der Waals surface area (Å²) in [7, 11) is 1.67. The van der Waals surface area contributed by atoms with Crippen molar-refractivity contribution >= 4 is 29.4 Å². The predicted molar refractivity (Wildman–Crippen MR) is 122 cm³/mol. The first-order valence-electron chi connectivity index (χ1n) is 9.62. The second-order valence-electron chi connectivity index (χ2n) is 6.77. The monoisotopic (exact) mass is 449 g/mol. The third kappa shape index (κ3) is 7.48. The number of alkyl halides is 3. The zero-order chi connectivity index (χ0) is 22.9. The molecule has 0 spiro atoms. The van der Waals surface area contributed by atoms with Gasteiger partial charge in [-0.2, -0.15) is 13.2 Å². The molecular weight excluding hydrogens is 423 g/mol. The fourth-order valence-corrected chi connectivity index (χ4v) is 3.28. The molecular formula is C23H26F3N3OS. The van der Waals surface area contributed by atoms with E-state index in [1.165, 1.54) is 23.1 Å². The van der Waals surface area contributed by atoms with Gasteiger partial charge in [-0.3, -0.25) is 4.79 Å². The highest BCUT2D eigenvalue weighted by molar-refractivity contribution is 8.01. The van der Waals surface area contributed by atoms with Crippen LogP contribution in [0.3, 0.4) is 0 Å². The van der Waals surface area contributed by atoms with Crippen LogP contribution in [0.4, 0.5) is 13.2 Å². The molecule has 166 valence electrons. The van der Waals surface area contributed by atoms with Gasteiger partial charge in [0.05, 0.1) is 5.56 Å². The number of benzene rings is 2. The third-order valence-corrected chi connectivity index (χ3v) is 5.03. The molecule has 8 heteroatoms. The predicted octanol–water partition coefficient (Wildman–Crippen LogP) is 4.59. The summed E-state index contributed by atoms with van der Waals surface area (Å²) in [5.74, 6) is -0.250. The Morgan fingerprint density at radius 2 is 1.90 bits per heavy atom. The number of rotatable bonds is 9. The minimum absolute atomic E-state index is 0.0540. The van der Waals surface area contributed by atoms with Crippen LogP contribution in [-0.4, -0.2) is 37.2 Å². The maximum atomic E-state index is 12.9. The van der Waals surface area contributed by atoms with Crippen molar-refractivity contribution in [2.75, 3.05) is 26.4 Å². The van der Waals surface area contributed by atoms with Crippen molar-refractivity contribution in [1.82, 2.24) is 10.2 Å². The molecule has 0 bridgehead atoms. The van der Waals surface area contributed by atoms with E-state index in [1.807, 2.05) is 42.0 Å². The Morgan fingerprint density at radius 3 is 2.52 bits per heavy atom. The van der Waals surface area contributed by atoms with Crippen LogP contribution in [0.15, 0.2) is 60.0 Å². The molecule has 31 heavy (non-hydrogen) atoms. The second-order valence-corrected chi connectivity index (χ2v) is 7.48. The molecule has 0 aliphatic heterocycles. The van der Waals surface area contributed by atoms with Crippen LogP contribution in [0, 0.1) is 0 Å². The molecule has 0 aliphatic carbocycles. The van der Waals surface area contributed by atoms with Gasteiger partial charge in [0.1, 0.15) is 0 Å². The van der Waals surface area contributed by atoms with Crippen LogP contribution >= 0.6 is 11.8 Å². The Hall–Kier alpha value is -2.71. The number of carbonyl (C=O) groups excluding carboxylic acids is 1. The smallest absolute Gasteiger partial charge is 0.382 e. The Morgan fingerprint density at radius 1 is 1.19 bits per heavy atom. The summed E-state index contributed by atoms with van der Waals surface area (Å²) in [6.45, 7) is 0.950. The van der Waals surface area contributed by atoms with Crippen molar-refractivity contribution in [2.24, 2.45) is 5.73 Å². The molecule has 1 amide bonds. The van der Waals surface area contributed by atoms with E-state index >= 15 is 0 Å². The Bertz CT molecular complexity index is 927. The fraction of sp³-hybridized carbons (Fsp3) is 0.261. The summed E-state index contributed by atoms with van der Waals surface area (Å²) in [4.78, 5) is 13.9. The quantitative estimate of drug-likeness (QED) is 0.550. The van der Waals surface area contributed by atoms with Crippen LogP contribution in [0.25, 0.3) is 11.8 Å². The number of hydrogen-bond acceptors (Lipinski definition) is 4. The number of thioether (sulfide) groups is 1. The van der Waals surface area contributed by atoms with Gasteiger partial charge in [-0.15, -0.1) is 11.8 Å². The summed E-state index contributed by atoms with van der Waals surface area (Å²) < 4.78 is 38.6. The molecule has 2 aromatic carbocycles. The average molecular weight is 450 g/mol. The lowest BCUT2D eigenvalue weighted by Crippen LogP contribution is -2.32. The van der Waals surface area contributed by atoms with Gasteiger partial charge in [0, 0.05) is 38.5 Å². The van der Waals surface area contributed by atoms with E-state index < -0.39 is 11.7 Å². The van der Waals surface area contributed by atoms with Gasteiger partial charge < -0.3 is 16.0 Å².